The number of allylic oxidation sites excluding steroid dienone is 1. The van der Waals surface area contributed by atoms with Crippen LogP contribution in [0.2, 0.25) is 0 Å². The summed E-state index contributed by atoms with van der Waals surface area (Å²) >= 11 is 0. The summed E-state index contributed by atoms with van der Waals surface area (Å²) in [5.74, 6) is 1.94. The number of rotatable bonds is 9. The molecule has 1 aliphatic heterocycles. The number of H-pyrrole nitrogens is 1. The Morgan fingerprint density at radius 1 is 1.03 bits per heavy atom. The SMILES string of the molecule is CCCOc1ccc([C@@H]2C(C#N)=C(N)Oc3n[nH]c(-c4ccc(OCC)cc4)c32)cc1OCC. The van der Waals surface area contributed by atoms with Gasteiger partial charge in [-0.15, -0.1) is 5.10 Å². The van der Waals surface area contributed by atoms with Crippen LogP contribution >= 0.6 is 0 Å². The zero-order valence-electron chi connectivity index (χ0n) is 19.6. The third-order valence-corrected chi connectivity index (χ3v) is 5.46. The number of hydrogen-bond donors (Lipinski definition) is 2. The van der Waals surface area contributed by atoms with E-state index in [-0.39, 0.29) is 5.88 Å². The minimum atomic E-state index is -0.492. The molecule has 4 rings (SSSR count). The van der Waals surface area contributed by atoms with Crippen LogP contribution in [0, 0.1) is 11.3 Å². The normalized spacial score (nSPS) is 14.7. The van der Waals surface area contributed by atoms with E-state index in [1.54, 1.807) is 0 Å². The van der Waals surface area contributed by atoms with Gasteiger partial charge in [0, 0.05) is 5.56 Å². The molecule has 1 atom stereocenters. The van der Waals surface area contributed by atoms with Crippen LogP contribution in [0.4, 0.5) is 0 Å². The lowest BCUT2D eigenvalue weighted by Crippen LogP contribution is -2.21. The lowest BCUT2D eigenvalue weighted by Gasteiger charge is -2.25. The maximum absolute atomic E-state index is 9.99. The summed E-state index contributed by atoms with van der Waals surface area (Å²) in [6, 6.07) is 15.6. The molecule has 0 bridgehead atoms. The number of fused-ring (bicyclic) bond motifs is 1. The number of ether oxygens (including phenoxy) is 4. The van der Waals surface area contributed by atoms with Crippen molar-refractivity contribution in [2.45, 2.75) is 33.1 Å². The number of nitriles is 1. The zero-order chi connectivity index (χ0) is 24.1. The number of hydrogen-bond acceptors (Lipinski definition) is 7. The standard InChI is InChI=1S/C26H28N4O4/c1-4-13-33-20-12-9-17(14-21(20)32-6-3)22-19(15-27)25(28)34-26-23(22)24(29-30-26)16-7-10-18(11-8-16)31-5-2/h7-12,14,22H,4-6,13,28H2,1-3H3,(H,29,30)/t22-/m1/s1. The molecule has 3 aromatic rings. The van der Waals surface area contributed by atoms with Crippen molar-refractivity contribution < 1.29 is 18.9 Å². The van der Waals surface area contributed by atoms with E-state index < -0.39 is 5.92 Å². The molecule has 8 heteroatoms. The van der Waals surface area contributed by atoms with Crippen molar-refractivity contribution in [2.75, 3.05) is 19.8 Å². The van der Waals surface area contributed by atoms with Gasteiger partial charge in [-0.2, -0.15) is 5.26 Å². The molecule has 0 radical (unpaired) electrons. The highest BCUT2D eigenvalue weighted by atomic mass is 16.5. The molecule has 8 nitrogen and oxygen atoms in total. The van der Waals surface area contributed by atoms with E-state index in [9.17, 15) is 5.26 Å². The number of nitrogens with two attached hydrogens (primary N) is 1. The van der Waals surface area contributed by atoms with Crippen LogP contribution in [-0.4, -0.2) is 30.0 Å². The zero-order valence-corrected chi connectivity index (χ0v) is 19.6. The quantitative estimate of drug-likeness (QED) is 0.467. The van der Waals surface area contributed by atoms with Crippen LogP contribution in [0.1, 0.15) is 44.2 Å². The molecule has 176 valence electrons. The topological polar surface area (TPSA) is 115 Å². The van der Waals surface area contributed by atoms with Crippen LogP contribution in [0.5, 0.6) is 23.1 Å². The summed E-state index contributed by atoms with van der Waals surface area (Å²) in [5, 5.41) is 17.4. The molecule has 0 unspecified atom stereocenters. The average molecular weight is 461 g/mol. The van der Waals surface area contributed by atoms with Crippen LogP contribution in [0.3, 0.4) is 0 Å². The Balaban J connectivity index is 1.83. The van der Waals surface area contributed by atoms with E-state index in [1.165, 1.54) is 0 Å². The van der Waals surface area contributed by atoms with Crippen molar-refractivity contribution in [2.24, 2.45) is 5.73 Å². The third-order valence-electron chi connectivity index (χ3n) is 5.46. The predicted molar refractivity (Wildman–Crippen MR) is 128 cm³/mol. The molecule has 0 aliphatic carbocycles. The maximum Gasteiger partial charge on any atom is 0.244 e. The fourth-order valence-electron chi connectivity index (χ4n) is 3.99. The Labute approximate surface area is 198 Å². The molecule has 0 saturated carbocycles. The Morgan fingerprint density at radius 2 is 1.79 bits per heavy atom. The summed E-state index contributed by atoms with van der Waals surface area (Å²) in [6.45, 7) is 7.56. The van der Waals surface area contributed by atoms with Crippen molar-refractivity contribution in [3.8, 4) is 40.5 Å². The van der Waals surface area contributed by atoms with E-state index in [1.807, 2.05) is 63.2 Å². The lowest BCUT2D eigenvalue weighted by atomic mass is 9.83. The molecule has 2 aromatic carbocycles. The molecule has 3 N–H and O–H groups in total. The van der Waals surface area contributed by atoms with E-state index in [4.69, 9.17) is 24.7 Å². The van der Waals surface area contributed by atoms with Gasteiger partial charge >= 0.3 is 0 Å². The first kappa shape index (κ1) is 23.1. The highest BCUT2D eigenvalue weighted by Crippen LogP contribution is 2.47. The van der Waals surface area contributed by atoms with Crippen molar-refractivity contribution >= 4 is 0 Å². The third kappa shape index (κ3) is 4.37. The minimum Gasteiger partial charge on any atom is -0.494 e. The highest BCUT2D eigenvalue weighted by Gasteiger charge is 2.36. The molecule has 1 aromatic heterocycles. The Bertz CT molecular complexity index is 1220. The maximum atomic E-state index is 9.99. The summed E-state index contributed by atoms with van der Waals surface area (Å²) < 4.78 is 23.0. The summed E-state index contributed by atoms with van der Waals surface area (Å²) in [6.07, 6.45) is 0.884. The number of aromatic nitrogens is 2. The predicted octanol–water partition coefficient (Wildman–Crippen LogP) is 4.88. The molecule has 0 amide bonds. The Morgan fingerprint density at radius 3 is 2.47 bits per heavy atom. The molecule has 0 saturated heterocycles. The van der Waals surface area contributed by atoms with Gasteiger partial charge in [0.2, 0.25) is 11.8 Å². The van der Waals surface area contributed by atoms with Crippen molar-refractivity contribution in [3.05, 3.63) is 65.0 Å². The van der Waals surface area contributed by atoms with Crippen molar-refractivity contribution in [1.82, 2.24) is 10.2 Å². The molecule has 34 heavy (non-hydrogen) atoms. The molecular formula is C26H28N4O4. The van der Waals surface area contributed by atoms with Gasteiger partial charge in [0.1, 0.15) is 17.4 Å². The van der Waals surface area contributed by atoms with E-state index in [0.29, 0.717) is 42.8 Å². The van der Waals surface area contributed by atoms with Crippen LogP contribution in [-0.2, 0) is 0 Å². The second-order valence-electron chi connectivity index (χ2n) is 7.69. The number of nitrogens with zero attached hydrogens (tertiary/aromatic N) is 2. The van der Waals surface area contributed by atoms with Crippen LogP contribution in [0.15, 0.2) is 53.9 Å². The smallest absolute Gasteiger partial charge is 0.244 e. The van der Waals surface area contributed by atoms with Gasteiger partial charge in [0.05, 0.1) is 37.0 Å². The van der Waals surface area contributed by atoms with Crippen LogP contribution < -0.4 is 24.7 Å². The summed E-state index contributed by atoms with van der Waals surface area (Å²) in [7, 11) is 0. The van der Waals surface area contributed by atoms with E-state index in [2.05, 4.69) is 16.3 Å². The second-order valence-corrected chi connectivity index (χ2v) is 7.69. The van der Waals surface area contributed by atoms with E-state index in [0.717, 1.165) is 34.6 Å². The van der Waals surface area contributed by atoms with Gasteiger partial charge in [-0.1, -0.05) is 13.0 Å². The fraction of sp³-hybridized carbons (Fsp3) is 0.308. The van der Waals surface area contributed by atoms with Gasteiger partial charge in [-0.05, 0) is 62.2 Å². The molecule has 1 aliphatic rings. The van der Waals surface area contributed by atoms with Gasteiger partial charge in [0.25, 0.3) is 0 Å². The molecule has 0 spiro atoms. The van der Waals surface area contributed by atoms with Gasteiger partial charge in [0.15, 0.2) is 11.5 Å². The number of benzene rings is 2. The Hall–Kier alpha value is -4.12. The number of nitrogens with one attached hydrogen (secondary N) is 1. The fourth-order valence-corrected chi connectivity index (χ4v) is 3.99. The van der Waals surface area contributed by atoms with Gasteiger partial charge in [-0.3, -0.25) is 5.10 Å². The van der Waals surface area contributed by atoms with E-state index >= 15 is 0 Å². The lowest BCUT2D eigenvalue weighted by molar-refractivity contribution is 0.276. The molecule has 0 fully saturated rings. The van der Waals surface area contributed by atoms with Gasteiger partial charge < -0.3 is 24.7 Å². The second kappa shape index (κ2) is 10.2. The summed E-state index contributed by atoms with van der Waals surface area (Å²) in [5.41, 5.74) is 9.63. The van der Waals surface area contributed by atoms with Crippen LogP contribution in [0.25, 0.3) is 11.3 Å². The molecular weight excluding hydrogens is 432 g/mol. The Kier molecular flexibility index (Phi) is 6.93. The largest absolute Gasteiger partial charge is 0.494 e. The first-order valence-electron chi connectivity index (χ1n) is 11.4. The van der Waals surface area contributed by atoms with Crippen molar-refractivity contribution in [1.29, 1.82) is 5.26 Å². The minimum absolute atomic E-state index is 0.0361. The first-order valence-corrected chi connectivity index (χ1v) is 11.4. The monoisotopic (exact) mass is 460 g/mol. The first-order chi connectivity index (χ1) is 16.6. The average Bonchev–Trinajstić information content (AvgIpc) is 3.26. The van der Waals surface area contributed by atoms with Gasteiger partial charge in [-0.25, -0.2) is 0 Å². The summed E-state index contributed by atoms with van der Waals surface area (Å²) in [4.78, 5) is 0. The number of aromatic amines is 1. The molecule has 2 heterocycles. The highest BCUT2D eigenvalue weighted by molar-refractivity contribution is 5.71. The van der Waals surface area contributed by atoms with Crippen molar-refractivity contribution in [3.63, 3.8) is 0 Å².